The van der Waals surface area contributed by atoms with Crippen molar-refractivity contribution < 1.29 is 13.5 Å². The average molecular weight is 407 g/mol. The van der Waals surface area contributed by atoms with Gasteiger partial charge in [0.15, 0.2) is 11.6 Å². The molecule has 0 unspecified atom stereocenters. The van der Waals surface area contributed by atoms with Gasteiger partial charge >= 0.3 is 0 Å². The maximum absolute atomic E-state index is 13.6. The summed E-state index contributed by atoms with van der Waals surface area (Å²) >= 11 is 6.46. The number of ether oxygens (including phenoxy) is 1. The monoisotopic (exact) mass is 405 g/mol. The Morgan fingerprint density at radius 2 is 1.85 bits per heavy atom. The second-order valence-electron chi connectivity index (χ2n) is 4.27. The molecule has 0 saturated carbocycles. The van der Waals surface area contributed by atoms with Crippen LogP contribution in [0.15, 0.2) is 39.3 Å². The Morgan fingerprint density at radius 1 is 1.15 bits per heavy atom. The van der Waals surface area contributed by atoms with Crippen LogP contribution in [-0.2, 0) is 0 Å². The Kier molecular flexibility index (Phi) is 4.78. The Bertz CT molecular complexity index is 647. The highest BCUT2D eigenvalue weighted by Crippen LogP contribution is 2.32. The fourth-order valence-corrected chi connectivity index (χ4v) is 2.80. The molecule has 0 amide bonds. The maximum Gasteiger partial charge on any atom is 0.201 e. The van der Waals surface area contributed by atoms with Crippen LogP contribution < -0.4 is 10.5 Å². The SMILES string of the molecule is C[C@@H](N)c1ccc(Oc2cc(Br)cc(F)c2F)cc1Br. The highest BCUT2D eigenvalue weighted by molar-refractivity contribution is 9.10. The van der Waals surface area contributed by atoms with E-state index in [4.69, 9.17) is 10.5 Å². The first-order valence-electron chi connectivity index (χ1n) is 5.76. The van der Waals surface area contributed by atoms with Gasteiger partial charge in [-0.25, -0.2) is 4.39 Å². The molecule has 1 atom stereocenters. The van der Waals surface area contributed by atoms with Crippen molar-refractivity contribution in [1.29, 1.82) is 0 Å². The molecule has 0 aliphatic rings. The molecule has 0 fully saturated rings. The summed E-state index contributed by atoms with van der Waals surface area (Å²) in [6, 6.07) is 7.36. The van der Waals surface area contributed by atoms with E-state index in [1.807, 2.05) is 6.92 Å². The Balaban J connectivity index is 2.33. The Hall–Kier alpha value is -0.980. The molecule has 0 bridgehead atoms. The predicted octanol–water partition coefficient (Wildman–Crippen LogP) is 5.30. The molecular weight excluding hydrogens is 396 g/mol. The van der Waals surface area contributed by atoms with Gasteiger partial charge in [0, 0.05) is 15.0 Å². The Morgan fingerprint density at radius 3 is 2.45 bits per heavy atom. The highest BCUT2D eigenvalue weighted by Gasteiger charge is 2.13. The smallest absolute Gasteiger partial charge is 0.201 e. The molecule has 0 heterocycles. The number of halogens is 4. The van der Waals surface area contributed by atoms with E-state index in [0.29, 0.717) is 10.2 Å². The van der Waals surface area contributed by atoms with Crippen molar-refractivity contribution in [2.24, 2.45) is 5.73 Å². The fraction of sp³-hybridized carbons (Fsp3) is 0.143. The lowest BCUT2D eigenvalue weighted by Crippen LogP contribution is -2.05. The lowest BCUT2D eigenvalue weighted by atomic mass is 10.1. The third-order valence-electron chi connectivity index (χ3n) is 2.65. The summed E-state index contributed by atoms with van der Waals surface area (Å²) in [5.41, 5.74) is 6.70. The molecule has 0 saturated heterocycles. The minimum Gasteiger partial charge on any atom is -0.454 e. The summed E-state index contributed by atoms with van der Waals surface area (Å²) in [6.45, 7) is 1.85. The molecule has 106 valence electrons. The number of benzene rings is 2. The van der Waals surface area contributed by atoms with Crippen LogP contribution in [0.2, 0.25) is 0 Å². The van der Waals surface area contributed by atoms with Gasteiger partial charge in [0.25, 0.3) is 0 Å². The maximum atomic E-state index is 13.6. The van der Waals surface area contributed by atoms with Gasteiger partial charge in [-0.15, -0.1) is 0 Å². The first-order chi connectivity index (χ1) is 9.38. The molecule has 0 aliphatic carbocycles. The van der Waals surface area contributed by atoms with Gasteiger partial charge in [-0.1, -0.05) is 37.9 Å². The van der Waals surface area contributed by atoms with Gasteiger partial charge in [0.05, 0.1) is 0 Å². The summed E-state index contributed by atoms with van der Waals surface area (Å²) in [4.78, 5) is 0. The van der Waals surface area contributed by atoms with Crippen LogP contribution in [0.3, 0.4) is 0 Å². The van der Waals surface area contributed by atoms with Crippen molar-refractivity contribution in [1.82, 2.24) is 0 Å². The van der Waals surface area contributed by atoms with Gasteiger partial charge in [0.2, 0.25) is 5.82 Å². The van der Waals surface area contributed by atoms with Gasteiger partial charge < -0.3 is 10.5 Å². The van der Waals surface area contributed by atoms with E-state index in [1.165, 1.54) is 6.07 Å². The minimum atomic E-state index is -1.03. The van der Waals surface area contributed by atoms with Gasteiger partial charge in [-0.2, -0.15) is 4.39 Å². The van der Waals surface area contributed by atoms with Crippen LogP contribution in [0, 0.1) is 11.6 Å². The van der Waals surface area contributed by atoms with Gasteiger partial charge in [0.1, 0.15) is 5.75 Å². The third-order valence-corrected chi connectivity index (χ3v) is 3.79. The van der Waals surface area contributed by atoms with Crippen LogP contribution >= 0.6 is 31.9 Å². The van der Waals surface area contributed by atoms with E-state index in [1.54, 1.807) is 18.2 Å². The zero-order valence-corrected chi connectivity index (χ0v) is 13.6. The van der Waals surface area contributed by atoms with Crippen LogP contribution in [0.4, 0.5) is 8.78 Å². The molecule has 2 N–H and O–H groups in total. The second-order valence-corrected chi connectivity index (χ2v) is 6.04. The fourth-order valence-electron chi connectivity index (χ4n) is 1.67. The van der Waals surface area contributed by atoms with Gasteiger partial charge in [-0.05, 0) is 36.8 Å². The molecule has 2 aromatic carbocycles. The van der Waals surface area contributed by atoms with Crippen molar-refractivity contribution in [3.05, 3.63) is 56.5 Å². The van der Waals surface area contributed by atoms with Crippen LogP contribution in [0.1, 0.15) is 18.5 Å². The Labute approximate surface area is 132 Å². The van der Waals surface area contributed by atoms with E-state index in [0.717, 1.165) is 16.1 Å². The molecule has 2 nitrogen and oxygen atoms in total. The summed E-state index contributed by atoms with van der Waals surface area (Å²) in [5.74, 6) is -1.80. The average Bonchev–Trinajstić information content (AvgIpc) is 2.35. The molecular formula is C14H11Br2F2NO. The van der Waals surface area contributed by atoms with Crippen molar-refractivity contribution in [3.8, 4) is 11.5 Å². The lowest BCUT2D eigenvalue weighted by molar-refractivity contribution is 0.415. The largest absolute Gasteiger partial charge is 0.454 e. The van der Waals surface area contributed by atoms with Crippen molar-refractivity contribution >= 4 is 31.9 Å². The van der Waals surface area contributed by atoms with Crippen LogP contribution in [0.5, 0.6) is 11.5 Å². The summed E-state index contributed by atoms with van der Waals surface area (Å²) in [7, 11) is 0. The normalized spacial score (nSPS) is 12.3. The predicted molar refractivity (Wildman–Crippen MR) is 80.9 cm³/mol. The zero-order chi connectivity index (χ0) is 14.9. The molecule has 20 heavy (non-hydrogen) atoms. The quantitative estimate of drug-likeness (QED) is 0.701. The minimum absolute atomic E-state index is 0.140. The standard InChI is InChI=1S/C14H11Br2F2NO/c1-7(19)10-3-2-9(6-11(10)16)20-13-5-8(15)4-12(17)14(13)18/h2-7H,19H2,1H3/t7-/m1/s1. The van der Waals surface area contributed by atoms with E-state index < -0.39 is 11.6 Å². The van der Waals surface area contributed by atoms with E-state index in [2.05, 4.69) is 31.9 Å². The number of hydrogen-bond acceptors (Lipinski definition) is 2. The third kappa shape index (κ3) is 3.37. The molecule has 0 radical (unpaired) electrons. The summed E-state index contributed by atoms with van der Waals surface area (Å²) < 4.78 is 33.4. The lowest BCUT2D eigenvalue weighted by Gasteiger charge is -2.12. The topological polar surface area (TPSA) is 35.2 Å². The molecule has 0 aliphatic heterocycles. The number of nitrogens with two attached hydrogens (primary N) is 1. The summed E-state index contributed by atoms with van der Waals surface area (Å²) in [6.07, 6.45) is 0. The molecule has 2 rings (SSSR count). The van der Waals surface area contributed by atoms with Gasteiger partial charge in [-0.3, -0.25) is 0 Å². The first kappa shape index (κ1) is 15.4. The van der Waals surface area contributed by atoms with Crippen LogP contribution in [-0.4, -0.2) is 0 Å². The number of rotatable bonds is 3. The van der Waals surface area contributed by atoms with Crippen molar-refractivity contribution in [3.63, 3.8) is 0 Å². The first-order valence-corrected chi connectivity index (χ1v) is 7.34. The summed E-state index contributed by atoms with van der Waals surface area (Å²) in [5, 5.41) is 0. The van der Waals surface area contributed by atoms with E-state index in [9.17, 15) is 8.78 Å². The second kappa shape index (κ2) is 6.20. The molecule has 0 aromatic heterocycles. The number of hydrogen-bond donors (Lipinski definition) is 1. The van der Waals surface area contributed by atoms with Crippen molar-refractivity contribution in [2.45, 2.75) is 13.0 Å². The van der Waals surface area contributed by atoms with Crippen LogP contribution in [0.25, 0.3) is 0 Å². The zero-order valence-electron chi connectivity index (χ0n) is 10.5. The molecule has 0 spiro atoms. The molecule has 2 aromatic rings. The van der Waals surface area contributed by atoms with E-state index >= 15 is 0 Å². The van der Waals surface area contributed by atoms with E-state index in [-0.39, 0.29) is 11.8 Å². The van der Waals surface area contributed by atoms with Crippen molar-refractivity contribution in [2.75, 3.05) is 0 Å². The highest BCUT2D eigenvalue weighted by atomic mass is 79.9. The molecule has 6 heteroatoms.